The van der Waals surface area contributed by atoms with Gasteiger partial charge >= 0.3 is 5.97 Å². The molecule has 0 spiro atoms. The third-order valence-corrected chi connectivity index (χ3v) is 7.93. The van der Waals surface area contributed by atoms with Gasteiger partial charge in [0.15, 0.2) is 5.82 Å². The number of aromatic nitrogens is 3. The van der Waals surface area contributed by atoms with Crippen molar-refractivity contribution in [3.05, 3.63) is 88.1 Å². The lowest BCUT2D eigenvalue weighted by atomic mass is 9.91. The van der Waals surface area contributed by atoms with Crippen LogP contribution in [0.1, 0.15) is 38.2 Å². The molecule has 0 aliphatic carbocycles. The Balaban J connectivity index is 1.26. The summed E-state index contributed by atoms with van der Waals surface area (Å²) in [7, 11) is 1.42. The first-order valence-corrected chi connectivity index (χ1v) is 13.4. The molecule has 4 aromatic rings. The summed E-state index contributed by atoms with van der Waals surface area (Å²) >= 11 is 0. The lowest BCUT2D eigenvalue weighted by molar-refractivity contribution is -0.0695. The van der Waals surface area contributed by atoms with Gasteiger partial charge in [0.25, 0.3) is 0 Å². The molecule has 2 aliphatic rings. The number of carboxylic acid groups (broad SMARTS) is 1. The molecule has 40 heavy (non-hydrogen) atoms. The predicted octanol–water partition coefficient (Wildman–Crippen LogP) is 4.59. The molecule has 1 N–H and O–H groups in total. The van der Waals surface area contributed by atoms with Crippen LogP contribution < -0.4 is 9.47 Å². The summed E-state index contributed by atoms with van der Waals surface area (Å²) in [4.78, 5) is 18.9. The minimum absolute atomic E-state index is 0.0283. The highest BCUT2D eigenvalue weighted by atomic mass is 16.5. The highest BCUT2D eigenvalue weighted by Crippen LogP contribution is 2.34. The number of benzene rings is 2. The maximum atomic E-state index is 11.6. The summed E-state index contributed by atoms with van der Waals surface area (Å²) in [5.41, 5.74) is 7.83. The van der Waals surface area contributed by atoms with E-state index in [9.17, 15) is 9.90 Å². The molecule has 9 heteroatoms. The molecule has 0 atom stereocenters. The zero-order valence-electron chi connectivity index (χ0n) is 22.9. The average Bonchev–Trinajstić information content (AvgIpc) is 3.37. The van der Waals surface area contributed by atoms with Crippen LogP contribution in [0.3, 0.4) is 0 Å². The number of hydrogen-bond donors (Lipinski definition) is 1. The molecule has 2 aliphatic heterocycles. The SMILES string of the molecule is COc1c(C(=O)O)cnn1-c1cccc(-c2cccc(C)c2OCc2ccc3c(c2C)CCN(C2COC2)C3)n1. The number of carboxylic acids is 1. The van der Waals surface area contributed by atoms with Gasteiger partial charge in [-0.2, -0.15) is 9.78 Å². The Morgan fingerprint density at radius 1 is 1.12 bits per heavy atom. The molecule has 0 unspecified atom stereocenters. The summed E-state index contributed by atoms with van der Waals surface area (Å²) in [5, 5.41) is 13.7. The van der Waals surface area contributed by atoms with E-state index in [1.807, 2.05) is 37.3 Å². The van der Waals surface area contributed by atoms with Crippen LogP contribution in [0.25, 0.3) is 17.1 Å². The van der Waals surface area contributed by atoms with Crippen LogP contribution in [-0.2, 0) is 24.3 Å². The van der Waals surface area contributed by atoms with Gasteiger partial charge in [-0.25, -0.2) is 9.78 Å². The van der Waals surface area contributed by atoms with Gasteiger partial charge in [-0.05, 0) is 66.3 Å². The Labute approximate surface area is 232 Å². The molecule has 2 aromatic carbocycles. The van der Waals surface area contributed by atoms with Gasteiger partial charge in [0.2, 0.25) is 5.88 Å². The molecule has 0 bridgehead atoms. The molecule has 4 heterocycles. The van der Waals surface area contributed by atoms with Crippen molar-refractivity contribution in [1.29, 1.82) is 0 Å². The summed E-state index contributed by atoms with van der Waals surface area (Å²) in [6.07, 6.45) is 2.30. The molecule has 0 saturated carbocycles. The molecule has 6 rings (SSSR count). The van der Waals surface area contributed by atoms with Gasteiger partial charge in [0, 0.05) is 18.7 Å². The first kappa shape index (κ1) is 26.0. The number of methoxy groups -OCH3 is 1. The molecule has 1 fully saturated rings. The van der Waals surface area contributed by atoms with Gasteiger partial charge in [-0.1, -0.05) is 30.3 Å². The van der Waals surface area contributed by atoms with E-state index in [1.54, 1.807) is 6.07 Å². The van der Waals surface area contributed by atoms with Gasteiger partial charge in [-0.15, -0.1) is 0 Å². The Hall–Kier alpha value is -4.21. The Morgan fingerprint density at radius 3 is 2.70 bits per heavy atom. The van der Waals surface area contributed by atoms with Gasteiger partial charge < -0.3 is 19.3 Å². The number of pyridine rings is 1. The normalized spacial score (nSPS) is 15.4. The van der Waals surface area contributed by atoms with Crippen LogP contribution in [-0.4, -0.2) is 63.7 Å². The minimum atomic E-state index is -1.11. The highest BCUT2D eigenvalue weighted by molar-refractivity contribution is 5.90. The van der Waals surface area contributed by atoms with Crippen molar-refractivity contribution in [2.75, 3.05) is 26.9 Å². The van der Waals surface area contributed by atoms with Crippen LogP contribution in [0.15, 0.2) is 54.7 Å². The molecule has 2 aromatic heterocycles. The second kappa shape index (κ2) is 10.7. The van der Waals surface area contributed by atoms with Crippen LogP contribution >= 0.6 is 0 Å². The van der Waals surface area contributed by atoms with E-state index in [2.05, 4.69) is 29.1 Å². The number of para-hydroxylation sites is 1. The topological polar surface area (TPSA) is 98.9 Å². The van der Waals surface area contributed by atoms with Gasteiger partial charge in [0.1, 0.15) is 17.9 Å². The largest absolute Gasteiger partial charge is 0.488 e. The monoisotopic (exact) mass is 540 g/mol. The van der Waals surface area contributed by atoms with Crippen molar-refractivity contribution in [3.63, 3.8) is 0 Å². The zero-order chi connectivity index (χ0) is 27.8. The molecule has 0 radical (unpaired) electrons. The van der Waals surface area contributed by atoms with E-state index in [-0.39, 0.29) is 11.4 Å². The Morgan fingerprint density at radius 2 is 1.95 bits per heavy atom. The highest BCUT2D eigenvalue weighted by Gasteiger charge is 2.29. The van der Waals surface area contributed by atoms with E-state index in [1.165, 1.54) is 40.2 Å². The third kappa shape index (κ3) is 4.71. The van der Waals surface area contributed by atoms with E-state index in [4.69, 9.17) is 19.2 Å². The fourth-order valence-corrected chi connectivity index (χ4v) is 5.54. The Kier molecular flexibility index (Phi) is 7.00. The number of hydrogen-bond acceptors (Lipinski definition) is 7. The van der Waals surface area contributed by atoms with Crippen LogP contribution in [0.4, 0.5) is 0 Å². The molecule has 206 valence electrons. The number of ether oxygens (including phenoxy) is 3. The number of fused-ring (bicyclic) bond motifs is 1. The molecule has 1 saturated heterocycles. The minimum Gasteiger partial charge on any atom is -0.488 e. The van der Waals surface area contributed by atoms with Crippen LogP contribution in [0.5, 0.6) is 11.6 Å². The molecule has 9 nitrogen and oxygen atoms in total. The lowest BCUT2D eigenvalue weighted by Crippen LogP contribution is -2.50. The van der Waals surface area contributed by atoms with Crippen LogP contribution in [0.2, 0.25) is 0 Å². The van der Waals surface area contributed by atoms with Crippen molar-refractivity contribution in [2.45, 2.75) is 39.5 Å². The second-order valence-electron chi connectivity index (χ2n) is 10.3. The van der Waals surface area contributed by atoms with Gasteiger partial charge in [-0.3, -0.25) is 4.90 Å². The summed E-state index contributed by atoms with van der Waals surface area (Å²) in [6.45, 7) is 8.40. The van der Waals surface area contributed by atoms with E-state index in [0.29, 0.717) is 24.2 Å². The predicted molar refractivity (Wildman–Crippen MR) is 149 cm³/mol. The van der Waals surface area contributed by atoms with Crippen LogP contribution in [0, 0.1) is 13.8 Å². The summed E-state index contributed by atoms with van der Waals surface area (Å²) in [5.74, 6) is 0.211. The molecular formula is C31H32N4O5. The van der Waals surface area contributed by atoms with E-state index in [0.717, 1.165) is 49.6 Å². The average molecular weight is 541 g/mol. The molecule has 0 amide bonds. The zero-order valence-corrected chi connectivity index (χ0v) is 22.9. The lowest BCUT2D eigenvalue weighted by Gasteiger charge is -2.40. The first-order chi connectivity index (χ1) is 19.4. The number of aromatic carboxylic acids is 1. The maximum absolute atomic E-state index is 11.6. The first-order valence-electron chi connectivity index (χ1n) is 13.4. The summed E-state index contributed by atoms with van der Waals surface area (Å²) < 4.78 is 18.6. The number of rotatable bonds is 8. The van der Waals surface area contributed by atoms with Crippen molar-refractivity contribution in [2.24, 2.45) is 0 Å². The second-order valence-corrected chi connectivity index (χ2v) is 10.3. The number of carbonyl (C=O) groups is 1. The van der Waals surface area contributed by atoms with Gasteiger partial charge in [0.05, 0.1) is 38.3 Å². The molecular weight excluding hydrogens is 508 g/mol. The van der Waals surface area contributed by atoms with Crippen molar-refractivity contribution in [1.82, 2.24) is 19.7 Å². The quantitative estimate of drug-likeness (QED) is 0.346. The fourth-order valence-electron chi connectivity index (χ4n) is 5.54. The van der Waals surface area contributed by atoms with Crippen molar-refractivity contribution < 1.29 is 24.1 Å². The van der Waals surface area contributed by atoms with Crippen molar-refractivity contribution >= 4 is 5.97 Å². The smallest absolute Gasteiger partial charge is 0.342 e. The van der Waals surface area contributed by atoms with E-state index >= 15 is 0 Å². The van der Waals surface area contributed by atoms with Crippen molar-refractivity contribution in [3.8, 4) is 28.7 Å². The Bertz CT molecular complexity index is 1580. The number of aryl methyl sites for hydroxylation is 1. The number of nitrogens with zero attached hydrogens (tertiary/aromatic N) is 4. The summed E-state index contributed by atoms with van der Waals surface area (Å²) in [6, 6.07) is 16.5. The fraction of sp³-hybridized carbons (Fsp3) is 0.323. The van der Waals surface area contributed by atoms with E-state index < -0.39 is 5.97 Å². The third-order valence-electron chi connectivity index (χ3n) is 7.93. The standard InChI is InChI=1S/C31H32N4O5/c1-19-6-4-7-25(27-8-5-9-28(33-27)35-30(38-3)26(14-32-35)31(36)37)29(19)40-16-22-11-10-21-15-34(23-17-39-18-23)13-12-24(21)20(22)2/h4-11,14,23H,12-13,15-18H2,1-3H3,(H,36,37). The maximum Gasteiger partial charge on any atom is 0.342 e.